The van der Waals surface area contributed by atoms with Crippen molar-refractivity contribution in [1.82, 2.24) is 10.2 Å². The first-order chi connectivity index (χ1) is 22.0. The number of ether oxygens (including phenoxy) is 3. The molecular weight excluding hydrogens is 584 g/mol. The number of rotatable bonds is 14. The standard InChI is InChI=1S/C37H46N2O7/c1-36(2,3)46-35(42)38-21-11-17-32(40)27-44-33-18-10-16-31(24-33)37(43,30-14-8-5-9-15-30)34(41)45-26-29-19-22-39(23-20-29)25-28-12-6-4-7-13-28/h4-10,12-16,18,24,29,43H,11,17,19-23,25-27H2,1-3H3,(H,38,42)/t37-/m0/s1. The molecule has 9 heteroatoms. The maximum Gasteiger partial charge on any atom is 0.407 e. The quantitative estimate of drug-likeness (QED) is 0.174. The van der Waals surface area contributed by atoms with Gasteiger partial charge in [0.15, 0.2) is 5.78 Å². The lowest BCUT2D eigenvalue weighted by Gasteiger charge is -2.33. The number of esters is 1. The van der Waals surface area contributed by atoms with Gasteiger partial charge >= 0.3 is 12.1 Å². The lowest BCUT2D eigenvalue weighted by Crippen LogP contribution is -2.40. The monoisotopic (exact) mass is 630 g/mol. The molecule has 3 aromatic rings. The number of Topliss-reactive ketones (excluding diaryl/α,β-unsaturated/α-hetero) is 1. The number of hydrogen-bond donors (Lipinski definition) is 2. The Bertz CT molecular complexity index is 1420. The number of aliphatic hydroxyl groups is 1. The highest BCUT2D eigenvalue weighted by Gasteiger charge is 2.42. The van der Waals surface area contributed by atoms with Crippen LogP contribution in [-0.2, 0) is 31.2 Å². The Balaban J connectivity index is 1.31. The van der Waals surface area contributed by atoms with Crippen molar-refractivity contribution in [2.45, 2.75) is 64.2 Å². The third-order valence-electron chi connectivity index (χ3n) is 7.85. The van der Waals surface area contributed by atoms with Crippen LogP contribution in [-0.4, -0.2) is 66.3 Å². The van der Waals surface area contributed by atoms with E-state index in [1.165, 1.54) is 5.56 Å². The maximum atomic E-state index is 13.6. The van der Waals surface area contributed by atoms with E-state index in [1.54, 1.807) is 69.3 Å². The lowest BCUT2D eigenvalue weighted by atomic mass is 9.86. The van der Waals surface area contributed by atoms with Crippen molar-refractivity contribution in [2.24, 2.45) is 5.92 Å². The minimum atomic E-state index is -2.06. The first-order valence-electron chi connectivity index (χ1n) is 16.0. The summed E-state index contributed by atoms with van der Waals surface area (Å²) in [4.78, 5) is 40.3. The SMILES string of the molecule is CC(C)(C)OC(=O)NCCCC(=O)COc1cccc([C@](O)(C(=O)OCC2CCN(Cc3ccccc3)CC2)c2ccccc2)c1. The molecule has 0 spiro atoms. The Kier molecular flexibility index (Phi) is 12.3. The average molecular weight is 631 g/mol. The van der Waals surface area contributed by atoms with Crippen molar-refractivity contribution in [3.63, 3.8) is 0 Å². The molecule has 246 valence electrons. The molecule has 1 aliphatic rings. The number of nitrogens with zero attached hydrogens (tertiary/aromatic N) is 1. The summed E-state index contributed by atoms with van der Waals surface area (Å²) in [5.41, 5.74) is -0.710. The highest BCUT2D eigenvalue weighted by molar-refractivity contribution is 5.85. The molecule has 0 aromatic heterocycles. The molecule has 0 saturated carbocycles. The average Bonchev–Trinajstić information content (AvgIpc) is 3.05. The zero-order valence-corrected chi connectivity index (χ0v) is 27.1. The minimum absolute atomic E-state index is 0.149. The van der Waals surface area contributed by atoms with Gasteiger partial charge < -0.3 is 24.6 Å². The van der Waals surface area contributed by atoms with Crippen molar-refractivity contribution < 1.29 is 33.7 Å². The highest BCUT2D eigenvalue weighted by atomic mass is 16.6. The van der Waals surface area contributed by atoms with E-state index in [0.29, 0.717) is 24.3 Å². The summed E-state index contributed by atoms with van der Waals surface area (Å²) in [5, 5.41) is 14.6. The first kappa shape index (κ1) is 34.7. The Morgan fingerprint density at radius 1 is 0.891 bits per heavy atom. The molecular formula is C37H46N2O7. The van der Waals surface area contributed by atoms with Gasteiger partial charge in [-0.15, -0.1) is 0 Å². The molecule has 0 radical (unpaired) electrons. The van der Waals surface area contributed by atoms with Crippen molar-refractivity contribution in [3.8, 4) is 5.75 Å². The largest absolute Gasteiger partial charge is 0.486 e. The number of piperidine rings is 1. The second-order valence-corrected chi connectivity index (χ2v) is 12.8. The molecule has 3 aromatic carbocycles. The molecule has 9 nitrogen and oxygen atoms in total. The number of amides is 1. The summed E-state index contributed by atoms with van der Waals surface area (Å²) >= 11 is 0. The highest BCUT2D eigenvalue weighted by Crippen LogP contribution is 2.34. The van der Waals surface area contributed by atoms with E-state index in [0.717, 1.165) is 32.5 Å². The fourth-order valence-electron chi connectivity index (χ4n) is 5.37. The van der Waals surface area contributed by atoms with Crippen LogP contribution in [0.15, 0.2) is 84.9 Å². The molecule has 46 heavy (non-hydrogen) atoms. The molecule has 4 rings (SSSR count). The van der Waals surface area contributed by atoms with E-state index >= 15 is 0 Å². The molecule has 1 saturated heterocycles. The van der Waals surface area contributed by atoms with Crippen molar-refractivity contribution in [2.75, 3.05) is 32.8 Å². The summed E-state index contributed by atoms with van der Waals surface area (Å²) in [6, 6.07) is 25.6. The summed E-state index contributed by atoms with van der Waals surface area (Å²) in [7, 11) is 0. The van der Waals surface area contributed by atoms with Gasteiger partial charge in [0.2, 0.25) is 5.60 Å². The summed E-state index contributed by atoms with van der Waals surface area (Å²) in [6.45, 7) is 8.41. The van der Waals surface area contributed by atoms with E-state index < -0.39 is 23.3 Å². The topological polar surface area (TPSA) is 114 Å². The first-order valence-corrected chi connectivity index (χ1v) is 16.0. The summed E-state index contributed by atoms with van der Waals surface area (Å²) < 4.78 is 16.7. The normalized spacial score (nSPS) is 15.4. The van der Waals surface area contributed by atoms with Crippen molar-refractivity contribution in [3.05, 3.63) is 102 Å². The van der Waals surface area contributed by atoms with Gasteiger partial charge in [-0.3, -0.25) is 9.69 Å². The van der Waals surface area contributed by atoms with Gasteiger partial charge in [-0.2, -0.15) is 0 Å². The van der Waals surface area contributed by atoms with Crippen LogP contribution in [0.5, 0.6) is 5.75 Å². The second-order valence-electron chi connectivity index (χ2n) is 12.8. The molecule has 0 unspecified atom stereocenters. The Morgan fingerprint density at radius 2 is 1.54 bits per heavy atom. The van der Waals surface area contributed by atoms with Gasteiger partial charge in [-0.25, -0.2) is 9.59 Å². The number of carbonyl (C=O) groups is 3. The number of nitrogens with one attached hydrogen (secondary N) is 1. The van der Waals surface area contributed by atoms with Crippen LogP contribution in [0.2, 0.25) is 0 Å². The predicted molar refractivity (Wildman–Crippen MR) is 175 cm³/mol. The number of benzene rings is 3. The number of alkyl carbamates (subject to hydrolysis) is 1. The van der Waals surface area contributed by atoms with Crippen LogP contribution in [0.4, 0.5) is 4.79 Å². The fraction of sp³-hybridized carbons (Fsp3) is 0.432. The Hall–Kier alpha value is -4.21. The van der Waals surface area contributed by atoms with Gasteiger partial charge in [-0.1, -0.05) is 72.8 Å². The third-order valence-corrected chi connectivity index (χ3v) is 7.85. The predicted octanol–water partition coefficient (Wildman–Crippen LogP) is 5.63. The molecule has 1 atom stereocenters. The van der Waals surface area contributed by atoms with Crippen molar-refractivity contribution in [1.29, 1.82) is 0 Å². The molecule has 0 bridgehead atoms. The van der Waals surface area contributed by atoms with E-state index in [4.69, 9.17) is 14.2 Å². The minimum Gasteiger partial charge on any atom is -0.486 e. The molecule has 2 N–H and O–H groups in total. The van der Waals surface area contributed by atoms with Crippen LogP contribution in [0.3, 0.4) is 0 Å². The second kappa shape index (κ2) is 16.4. The van der Waals surface area contributed by atoms with Gasteiger partial charge in [0.25, 0.3) is 0 Å². The Morgan fingerprint density at radius 3 is 2.22 bits per heavy atom. The van der Waals surface area contributed by atoms with Crippen LogP contribution in [0.25, 0.3) is 0 Å². The number of hydrogen-bond acceptors (Lipinski definition) is 8. The molecule has 1 aliphatic heterocycles. The van der Waals surface area contributed by atoms with Gasteiger partial charge in [0.05, 0.1) is 6.61 Å². The van der Waals surface area contributed by atoms with Crippen molar-refractivity contribution >= 4 is 17.8 Å². The number of carbonyl (C=O) groups excluding carboxylic acids is 3. The van der Waals surface area contributed by atoms with Gasteiger partial charge in [-0.05, 0) is 82.3 Å². The van der Waals surface area contributed by atoms with Gasteiger partial charge in [0, 0.05) is 25.1 Å². The van der Waals surface area contributed by atoms with Crippen LogP contribution in [0, 0.1) is 5.92 Å². The van der Waals surface area contributed by atoms with E-state index in [-0.39, 0.29) is 36.9 Å². The van der Waals surface area contributed by atoms with E-state index in [2.05, 4.69) is 22.3 Å². The maximum absolute atomic E-state index is 13.6. The molecule has 1 heterocycles. The lowest BCUT2D eigenvalue weighted by molar-refractivity contribution is -0.164. The van der Waals surface area contributed by atoms with Crippen LogP contribution < -0.4 is 10.1 Å². The number of ketones is 1. The molecule has 1 fully saturated rings. The molecule has 1 amide bonds. The Labute approximate surface area is 271 Å². The number of likely N-dealkylation sites (tertiary alicyclic amines) is 1. The van der Waals surface area contributed by atoms with Crippen LogP contribution >= 0.6 is 0 Å². The summed E-state index contributed by atoms with van der Waals surface area (Å²) in [6.07, 6.45) is 1.92. The third kappa shape index (κ3) is 10.4. The van der Waals surface area contributed by atoms with E-state index in [9.17, 15) is 19.5 Å². The van der Waals surface area contributed by atoms with Crippen LogP contribution in [0.1, 0.15) is 63.1 Å². The summed E-state index contributed by atoms with van der Waals surface area (Å²) in [5.74, 6) is -0.359. The zero-order valence-electron chi connectivity index (χ0n) is 27.1. The van der Waals surface area contributed by atoms with E-state index in [1.807, 2.05) is 24.3 Å². The molecule has 0 aliphatic carbocycles. The van der Waals surface area contributed by atoms with Gasteiger partial charge in [0.1, 0.15) is 18.0 Å². The fourth-order valence-corrected chi connectivity index (χ4v) is 5.37. The zero-order chi connectivity index (χ0) is 33.0. The smallest absolute Gasteiger partial charge is 0.407 e.